The SMILES string of the molecule is [2H]C1([2H])Oc2ccc(OC3CCN(c4nc5nn(C)c(=O)n5c5c4CCC5)CC3)cc2OC1([2H])[2H]. The number of nitrogens with zero attached hydrogens (tertiary/aromatic N) is 5. The van der Waals surface area contributed by atoms with E-state index in [0.717, 1.165) is 62.3 Å². The molecule has 0 unspecified atom stereocenters. The number of ether oxygens (including phenoxy) is 3. The lowest BCUT2D eigenvalue weighted by Gasteiger charge is -2.34. The molecular formula is C22H25N5O4. The van der Waals surface area contributed by atoms with E-state index in [1.807, 2.05) is 0 Å². The van der Waals surface area contributed by atoms with Gasteiger partial charge in [-0.15, -0.1) is 5.10 Å². The van der Waals surface area contributed by atoms with Crippen molar-refractivity contribution < 1.29 is 19.7 Å². The van der Waals surface area contributed by atoms with Crippen LogP contribution in [0.3, 0.4) is 0 Å². The molecule has 1 aliphatic carbocycles. The van der Waals surface area contributed by atoms with Gasteiger partial charge in [0.2, 0.25) is 0 Å². The number of anilines is 1. The van der Waals surface area contributed by atoms with Crippen LogP contribution in [0, 0.1) is 0 Å². The number of aromatic nitrogens is 4. The van der Waals surface area contributed by atoms with Crippen LogP contribution in [0.2, 0.25) is 0 Å². The van der Waals surface area contributed by atoms with E-state index in [1.165, 1.54) is 16.8 Å². The third kappa shape index (κ3) is 3.10. The highest BCUT2D eigenvalue weighted by Gasteiger charge is 2.29. The molecular weight excluding hydrogens is 398 g/mol. The van der Waals surface area contributed by atoms with Gasteiger partial charge in [0.05, 0.1) is 5.48 Å². The lowest BCUT2D eigenvalue weighted by molar-refractivity contribution is 0.159. The number of benzene rings is 1. The quantitative estimate of drug-likeness (QED) is 0.630. The summed E-state index contributed by atoms with van der Waals surface area (Å²) in [5.74, 6) is 2.10. The van der Waals surface area contributed by atoms with Gasteiger partial charge in [0.1, 0.15) is 30.8 Å². The number of hydrogen-bond acceptors (Lipinski definition) is 7. The number of rotatable bonds is 3. The Morgan fingerprint density at radius 2 is 1.97 bits per heavy atom. The van der Waals surface area contributed by atoms with Crippen molar-refractivity contribution in [2.75, 3.05) is 31.1 Å². The van der Waals surface area contributed by atoms with Crippen molar-refractivity contribution in [3.8, 4) is 17.2 Å². The van der Waals surface area contributed by atoms with Gasteiger partial charge in [0, 0.05) is 50.3 Å². The molecule has 0 radical (unpaired) electrons. The molecule has 0 N–H and O–H groups in total. The van der Waals surface area contributed by atoms with Crippen molar-refractivity contribution >= 4 is 11.6 Å². The molecule has 9 heteroatoms. The van der Waals surface area contributed by atoms with Crippen LogP contribution >= 0.6 is 0 Å². The molecule has 0 saturated carbocycles. The summed E-state index contributed by atoms with van der Waals surface area (Å²) >= 11 is 0. The normalized spacial score (nSPS) is 23.6. The zero-order chi connectivity index (χ0) is 24.5. The van der Waals surface area contributed by atoms with Gasteiger partial charge in [0.25, 0.3) is 5.78 Å². The number of aryl methyl sites for hydroxylation is 2. The Morgan fingerprint density at radius 1 is 1.16 bits per heavy atom. The standard InChI is InChI=1S/C22H25N5O4/c1-25-22(28)27-17-4-2-3-16(17)20(23-21(27)24-25)26-9-7-14(8-10-26)31-15-5-6-18-19(13-15)30-12-11-29-18/h5-6,13-14H,2-4,7-12H2,1H3/i11D2,12D2. The molecule has 3 aliphatic rings. The fourth-order valence-electron chi connectivity index (χ4n) is 4.65. The van der Waals surface area contributed by atoms with Crippen LogP contribution < -0.4 is 24.8 Å². The molecule has 0 spiro atoms. The van der Waals surface area contributed by atoms with Crippen molar-refractivity contribution in [3.63, 3.8) is 0 Å². The second kappa shape index (κ2) is 7.18. The molecule has 4 heterocycles. The lowest BCUT2D eigenvalue weighted by atomic mass is 10.1. The van der Waals surface area contributed by atoms with Crippen LogP contribution in [-0.4, -0.2) is 51.5 Å². The molecule has 1 fully saturated rings. The van der Waals surface area contributed by atoms with Gasteiger partial charge in [-0.05, 0) is 31.4 Å². The molecule has 0 amide bonds. The first-order valence-electron chi connectivity index (χ1n) is 12.5. The highest BCUT2D eigenvalue weighted by molar-refractivity contribution is 5.56. The van der Waals surface area contributed by atoms with Gasteiger partial charge >= 0.3 is 5.69 Å². The van der Waals surface area contributed by atoms with E-state index in [0.29, 0.717) is 11.5 Å². The maximum Gasteiger partial charge on any atom is 0.351 e. The van der Waals surface area contributed by atoms with Crippen molar-refractivity contribution in [1.82, 2.24) is 19.2 Å². The van der Waals surface area contributed by atoms with E-state index in [2.05, 4.69) is 10.00 Å². The average molecular weight is 427 g/mol. The molecule has 162 valence electrons. The summed E-state index contributed by atoms with van der Waals surface area (Å²) in [6, 6.07) is 4.74. The van der Waals surface area contributed by atoms with E-state index in [1.54, 1.807) is 17.5 Å². The Labute approximate surface area is 184 Å². The van der Waals surface area contributed by atoms with Crippen LogP contribution in [0.15, 0.2) is 23.0 Å². The Kier molecular flexibility index (Phi) is 3.41. The first kappa shape index (κ1) is 14.7. The predicted molar refractivity (Wildman–Crippen MR) is 114 cm³/mol. The summed E-state index contributed by atoms with van der Waals surface area (Å²) in [4.78, 5) is 19.5. The molecule has 0 atom stereocenters. The minimum absolute atomic E-state index is 0.0498. The minimum Gasteiger partial charge on any atom is -0.490 e. The van der Waals surface area contributed by atoms with Gasteiger partial charge in [-0.3, -0.25) is 0 Å². The number of fused-ring (bicyclic) bond motifs is 4. The van der Waals surface area contributed by atoms with Crippen molar-refractivity contribution in [3.05, 3.63) is 39.9 Å². The van der Waals surface area contributed by atoms with Crippen LogP contribution in [0.1, 0.15) is 36.0 Å². The molecule has 2 aromatic heterocycles. The number of piperidine rings is 1. The summed E-state index contributed by atoms with van der Waals surface area (Å²) in [5, 5.41) is 4.30. The predicted octanol–water partition coefficient (Wildman–Crippen LogP) is 1.74. The van der Waals surface area contributed by atoms with Gasteiger partial charge in [0.15, 0.2) is 11.5 Å². The summed E-state index contributed by atoms with van der Waals surface area (Å²) in [7, 11) is 1.64. The van der Waals surface area contributed by atoms with E-state index in [4.69, 9.17) is 24.7 Å². The molecule has 1 aromatic carbocycles. The monoisotopic (exact) mass is 427 g/mol. The zero-order valence-electron chi connectivity index (χ0n) is 21.1. The third-order valence-corrected chi connectivity index (χ3v) is 6.17. The fraction of sp³-hybridized carbons (Fsp3) is 0.500. The van der Waals surface area contributed by atoms with Crippen LogP contribution in [0.4, 0.5) is 5.82 Å². The Morgan fingerprint density at radius 3 is 2.81 bits per heavy atom. The third-order valence-electron chi connectivity index (χ3n) is 6.17. The topological polar surface area (TPSA) is 83.1 Å². The lowest BCUT2D eigenvalue weighted by Crippen LogP contribution is -2.39. The molecule has 2 aliphatic heterocycles. The van der Waals surface area contributed by atoms with Gasteiger partial charge in [-0.2, -0.15) is 4.98 Å². The first-order valence-corrected chi connectivity index (χ1v) is 10.5. The van der Waals surface area contributed by atoms with Gasteiger partial charge < -0.3 is 19.1 Å². The molecule has 31 heavy (non-hydrogen) atoms. The molecule has 6 rings (SSSR count). The summed E-state index contributed by atoms with van der Waals surface area (Å²) in [5.41, 5.74) is 1.99. The zero-order valence-corrected chi connectivity index (χ0v) is 17.1. The molecule has 0 bridgehead atoms. The van der Waals surface area contributed by atoms with Gasteiger partial charge in [-0.25, -0.2) is 13.9 Å². The second-order valence-electron chi connectivity index (χ2n) is 8.08. The minimum atomic E-state index is -2.61. The second-order valence-corrected chi connectivity index (χ2v) is 8.08. The highest BCUT2D eigenvalue weighted by atomic mass is 16.6. The van der Waals surface area contributed by atoms with Gasteiger partial charge in [-0.1, -0.05) is 0 Å². The van der Waals surface area contributed by atoms with E-state index in [9.17, 15) is 4.79 Å². The highest BCUT2D eigenvalue weighted by Crippen LogP contribution is 2.35. The van der Waals surface area contributed by atoms with E-state index in [-0.39, 0.29) is 23.3 Å². The van der Waals surface area contributed by atoms with Crippen molar-refractivity contribution in [2.24, 2.45) is 7.05 Å². The van der Waals surface area contributed by atoms with E-state index >= 15 is 0 Å². The summed E-state index contributed by atoms with van der Waals surface area (Å²) in [6.07, 6.45) is 4.20. The van der Waals surface area contributed by atoms with Crippen molar-refractivity contribution in [2.45, 2.75) is 38.2 Å². The van der Waals surface area contributed by atoms with Crippen LogP contribution in [0.25, 0.3) is 5.78 Å². The Hall–Kier alpha value is -3.23. The average Bonchev–Trinajstić information content (AvgIpc) is 3.39. The molecule has 9 nitrogen and oxygen atoms in total. The van der Waals surface area contributed by atoms with E-state index < -0.39 is 13.1 Å². The molecule has 3 aromatic rings. The van der Waals surface area contributed by atoms with Crippen molar-refractivity contribution in [1.29, 1.82) is 0 Å². The fourth-order valence-corrected chi connectivity index (χ4v) is 4.65. The maximum absolute atomic E-state index is 12.5. The maximum atomic E-state index is 12.5. The smallest absolute Gasteiger partial charge is 0.351 e. The van der Waals surface area contributed by atoms with Crippen LogP contribution in [0.5, 0.6) is 17.2 Å². The summed E-state index contributed by atoms with van der Waals surface area (Å²) < 4.78 is 50.4. The number of hydrogen-bond donors (Lipinski definition) is 0. The first-order chi connectivity index (χ1) is 16.6. The summed E-state index contributed by atoms with van der Waals surface area (Å²) in [6.45, 7) is -3.72. The Bertz CT molecular complexity index is 1380. The largest absolute Gasteiger partial charge is 0.490 e. The molecule has 1 saturated heterocycles. The van der Waals surface area contributed by atoms with Crippen LogP contribution in [-0.2, 0) is 19.9 Å². The Balaban J connectivity index is 1.17.